The molecule has 1 aliphatic carbocycles. The first-order valence-corrected chi connectivity index (χ1v) is 14.9. The number of rotatable bonds is 16. The zero-order valence-electron chi connectivity index (χ0n) is 23.7. The van der Waals surface area contributed by atoms with E-state index in [9.17, 15) is 4.79 Å². The average molecular weight is 555 g/mol. The van der Waals surface area contributed by atoms with Gasteiger partial charge in [-0.05, 0) is 55.7 Å². The van der Waals surface area contributed by atoms with Gasteiger partial charge < -0.3 is 36.1 Å². The largest absolute Gasteiger partial charge is 0.378 e. The summed E-state index contributed by atoms with van der Waals surface area (Å²) in [6.45, 7) is 5.78. The number of amides is 1. The Morgan fingerprint density at radius 1 is 0.875 bits per heavy atom. The number of benzene rings is 1. The normalized spacial score (nSPS) is 16.1. The number of piperidine rings is 1. The SMILES string of the molecule is NCCOCCOCCNC(=O)Cc1ccc(Nc2nc(NCC3CCCCC3)nc(N3CCCCC3)n2)cc1. The van der Waals surface area contributed by atoms with Gasteiger partial charge in [0.05, 0.1) is 32.8 Å². The summed E-state index contributed by atoms with van der Waals surface area (Å²) in [6, 6.07) is 7.80. The first-order chi connectivity index (χ1) is 19.7. The minimum atomic E-state index is -0.0407. The van der Waals surface area contributed by atoms with Crippen molar-refractivity contribution in [1.29, 1.82) is 0 Å². The number of nitrogens with two attached hydrogens (primary N) is 1. The van der Waals surface area contributed by atoms with Crippen molar-refractivity contribution in [2.24, 2.45) is 11.7 Å². The Morgan fingerprint density at radius 3 is 2.33 bits per heavy atom. The lowest BCUT2D eigenvalue weighted by Crippen LogP contribution is -2.31. The van der Waals surface area contributed by atoms with E-state index >= 15 is 0 Å². The summed E-state index contributed by atoms with van der Waals surface area (Å²) in [5, 5.41) is 9.73. The number of nitrogens with zero attached hydrogens (tertiary/aromatic N) is 4. The van der Waals surface area contributed by atoms with E-state index in [4.69, 9.17) is 25.2 Å². The molecular formula is C29H46N8O3. The Morgan fingerprint density at radius 2 is 1.57 bits per heavy atom. The highest BCUT2D eigenvalue weighted by Gasteiger charge is 2.18. The van der Waals surface area contributed by atoms with Crippen LogP contribution in [0.3, 0.4) is 0 Å². The molecule has 0 unspecified atom stereocenters. The lowest BCUT2D eigenvalue weighted by atomic mass is 9.89. The van der Waals surface area contributed by atoms with E-state index in [1.807, 2.05) is 24.3 Å². The van der Waals surface area contributed by atoms with Crippen molar-refractivity contribution >= 4 is 29.4 Å². The van der Waals surface area contributed by atoms with Gasteiger partial charge in [0, 0.05) is 38.4 Å². The van der Waals surface area contributed by atoms with Gasteiger partial charge in [0.2, 0.25) is 23.8 Å². The molecule has 0 radical (unpaired) electrons. The maximum Gasteiger partial charge on any atom is 0.233 e. The van der Waals surface area contributed by atoms with Crippen LogP contribution in [0.4, 0.5) is 23.5 Å². The van der Waals surface area contributed by atoms with Gasteiger partial charge in [0.25, 0.3) is 0 Å². The molecular weight excluding hydrogens is 508 g/mol. The van der Waals surface area contributed by atoms with E-state index in [1.54, 1.807) is 0 Å². The highest BCUT2D eigenvalue weighted by Crippen LogP contribution is 2.25. The second kappa shape index (κ2) is 16.9. The van der Waals surface area contributed by atoms with Gasteiger partial charge in [-0.15, -0.1) is 0 Å². The third-order valence-corrected chi connectivity index (χ3v) is 7.31. The van der Waals surface area contributed by atoms with Crippen molar-refractivity contribution in [2.75, 3.05) is 74.7 Å². The Kier molecular flexibility index (Phi) is 12.7. The van der Waals surface area contributed by atoms with E-state index < -0.39 is 0 Å². The molecule has 1 aromatic heterocycles. The molecule has 5 N–H and O–H groups in total. The van der Waals surface area contributed by atoms with Gasteiger partial charge in [-0.2, -0.15) is 15.0 Å². The number of hydrogen-bond donors (Lipinski definition) is 4. The molecule has 11 nitrogen and oxygen atoms in total. The second-order valence-corrected chi connectivity index (χ2v) is 10.6. The van der Waals surface area contributed by atoms with Crippen molar-refractivity contribution in [3.63, 3.8) is 0 Å². The van der Waals surface area contributed by atoms with Crippen molar-refractivity contribution in [3.8, 4) is 0 Å². The summed E-state index contributed by atoms with van der Waals surface area (Å²) >= 11 is 0. The lowest BCUT2D eigenvalue weighted by Gasteiger charge is -2.27. The number of carbonyl (C=O) groups excluding carboxylic acids is 1. The third-order valence-electron chi connectivity index (χ3n) is 7.31. The summed E-state index contributed by atoms with van der Waals surface area (Å²) < 4.78 is 10.7. The molecule has 4 rings (SSSR count). The van der Waals surface area contributed by atoms with Crippen molar-refractivity contribution in [3.05, 3.63) is 29.8 Å². The minimum absolute atomic E-state index is 0.0407. The highest BCUT2D eigenvalue weighted by atomic mass is 16.5. The molecule has 1 aliphatic heterocycles. The van der Waals surface area contributed by atoms with Crippen LogP contribution in [0.25, 0.3) is 0 Å². The van der Waals surface area contributed by atoms with Gasteiger partial charge in [-0.3, -0.25) is 4.79 Å². The average Bonchev–Trinajstić information content (AvgIpc) is 2.99. The van der Waals surface area contributed by atoms with Crippen molar-refractivity contribution in [2.45, 2.75) is 57.8 Å². The Hall–Kier alpha value is -3.02. The predicted octanol–water partition coefficient (Wildman–Crippen LogP) is 3.25. The highest BCUT2D eigenvalue weighted by molar-refractivity contribution is 5.78. The fourth-order valence-corrected chi connectivity index (χ4v) is 5.11. The number of carbonyl (C=O) groups is 1. The van der Waals surface area contributed by atoms with Crippen LogP contribution in [0.5, 0.6) is 0 Å². The molecule has 2 fully saturated rings. The molecule has 1 saturated carbocycles. The molecule has 0 spiro atoms. The van der Waals surface area contributed by atoms with Crippen molar-refractivity contribution < 1.29 is 14.3 Å². The molecule has 220 valence electrons. The number of nitrogens with one attached hydrogen (secondary N) is 3. The van der Waals surface area contributed by atoms with E-state index in [0.29, 0.717) is 63.8 Å². The summed E-state index contributed by atoms with van der Waals surface area (Å²) in [5.41, 5.74) is 7.16. The predicted molar refractivity (Wildman–Crippen MR) is 158 cm³/mol. The Balaban J connectivity index is 1.28. The van der Waals surface area contributed by atoms with E-state index in [2.05, 4.69) is 25.8 Å². The van der Waals surface area contributed by atoms with Gasteiger partial charge >= 0.3 is 0 Å². The number of aromatic nitrogens is 3. The van der Waals surface area contributed by atoms with Crippen LogP contribution >= 0.6 is 0 Å². The topological polar surface area (TPSA) is 140 Å². The molecule has 11 heteroatoms. The first-order valence-electron chi connectivity index (χ1n) is 14.9. The van der Waals surface area contributed by atoms with Crippen LogP contribution in [0.1, 0.15) is 56.9 Å². The van der Waals surface area contributed by atoms with Gasteiger partial charge in [-0.25, -0.2) is 0 Å². The summed E-state index contributed by atoms with van der Waals surface area (Å²) in [4.78, 5) is 28.8. The van der Waals surface area contributed by atoms with Crippen LogP contribution in [-0.2, 0) is 20.7 Å². The Bertz CT molecular complexity index is 1010. The summed E-state index contributed by atoms with van der Waals surface area (Å²) in [6.07, 6.45) is 10.4. The maximum absolute atomic E-state index is 12.3. The van der Waals surface area contributed by atoms with Crippen LogP contribution < -0.4 is 26.6 Å². The van der Waals surface area contributed by atoms with Crippen LogP contribution in [0.15, 0.2) is 24.3 Å². The molecule has 2 aromatic rings. The monoisotopic (exact) mass is 554 g/mol. The fourth-order valence-electron chi connectivity index (χ4n) is 5.11. The molecule has 1 aromatic carbocycles. The second-order valence-electron chi connectivity index (χ2n) is 10.6. The van der Waals surface area contributed by atoms with Crippen LogP contribution in [0.2, 0.25) is 0 Å². The van der Waals surface area contributed by atoms with E-state index in [1.165, 1.54) is 38.5 Å². The van der Waals surface area contributed by atoms with Gasteiger partial charge in [-0.1, -0.05) is 31.4 Å². The van der Waals surface area contributed by atoms with Gasteiger partial charge in [0.15, 0.2) is 0 Å². The molecule has 0 atom stereocenters. The molecule has 1 amide bonds. The molecule has 40 heavy (non-hydrogen) atoms. The molecule has 0 bridgehead atoms. The fraction of sp³-hybridized carbons (Fsp3) is 0.655. The van der Waals surface area contributed by atoms with E-state index in [-0.39, 0.29) is 5.91 Å². The number of hydrogen-bond acceptors (Lipinski definition) is 10. The number of ether oxygens (including phenoxy) is 2. The molecule has 2 aliphatic rings. The van der Waals surface area contributed by atoms with Crippen molar-refractivity contribution in [1.82, 2.24) is 20.3 Å². The Labute approximate surface area is 238 Å². The van der Waals surface area contributed by atoms with Crippen LogP contribution in [0, 0.1) is 5.92 Å². The zero-order valence-corrected chi connectivity index (χ0v) is 23.7. The van der Waals surface area contributed by atoms with Gasteiger partial charge in [0.1, 0.15) is 0 Å². The maximum atomic E-state index is 12.3. The van der Waals surface area contributed by atoms with Crippen LogP contribution in [-0.4, -0.2) is 80.0 Å². The minimum Gasteiger partial charge on any atom is -0.378 e. The molecule has 2 heterocycles. The zero-order chi connectivity index (χ0) is 27.8. The quantitative estimate of drug-likeness (QED) is 0.229. The lowest BCUT2D eigenvalue weighted by molar-refractivity contribution is -0.120. The standard InChI is InChI=1S/C29H46N8O3/c30-13-17-39-19-20-40-18-14-31-26(38)21-23-9-11-25(12-10-23)33-28-34-27(32-22-24-7-3-1-4-8-24)35-29(36-28)37-15-5-2-6-16-37/h9-12,24H,1-8,13-22,30H2,(H,31,38)(H2,32,33,34,35,36). The number of anilines is 4. The van der Waals surface area contributed by atoms with E-state index in [0.717, 1.165) is 49.7 Å². The first kappa shape index (κ1) is 30.0. The summed E-state index contributed by atoms with van der Waals surface area (Å²) in [5.74, 6) is 2.52. The smallest absolute Gasteiger partial charge is 0.233 e. The molecule has 1 saturated heterocycles. The summed E-state index contributed by atoms with van der Waals surface area (Å²) in [7, 11) is 0. The third kappa shape index (κ3) is 10.5.